The second kappa shape index (κ2) is 9.59. The Kier molecular flexibility index (Phi) is 7.47. The van der Waals surface area contributed by atoms with Crippen molar-refractivity contribution >= 4 is 27.5 Å². The summed E-state index contributed by atoms with van der Waals surface area (Å²) in [7, 11) is 0. The van der Waals surface area contributed by atoms with Crippen LogP contribution in [0.3, 0.4) is 0 Å². The Labute approximate surface area is 157 Å². The van der Waals surface area contributed by atoms with Gasteiger partial charge in [-0.1, -0.05) is 26.0 Å². The summed E-state index contributed by atoms with van der Waals surface area (Å²) in [6.45, 7) is 7.80. The maximum absolute atomic E-state index is 12.6. The minimum Gasteiger partial charge on any atom is -0.494 e. The van der Waals surface area contributed by atoms with Crippen LogP contribution in [0, 0.1) is 5.92 Å². The SMILES string of the molecule is CCOc1ccc(C(=O)Nc2ccccc2Br)cc1COCC(C)C. The molecule has 0 aromatic heterocycles. The molecule has 0 saturated carbocycles. The van der Waals surface area contributed by atoms with Gasteiger partial charge in [0.1, 0.15) is 5.75 Å². The molecular formula is C20H24BrNO3. The van der Waals surface area contributed by atoms with Crippen molar-refractivity contribution in [2.75, 3.05) is 18.5 Å². The molecule has 2 aromatic rings. The van der Waals surface area contributed by atoms with Crippen molar-refractivity contribution in [2.24, 2.45) is 5.92 Å². The first-order valence-corrected chi connectivity index (χ1v) is 9.20. The zero-order chi connectivity index (χ0) is 18.2. The maximum atomic E-state index is 12.6. The fraction of sp³-hybridized carbons (Fsp3) is 0.350. The van der Waals surface area contributed by atoms with E-state index in [1.807, 2.05) is 43.3 Å². The van der Waals surface area contributed by atoms with Gasteiger partial charge in [-0.15, -0.1) is 0 Å². The van der Waals surface area contributed by atoms with Gasteiger partial charge in [-0.2, -0.15) is 0 Å². The van der Waals surface area contributed by atoms with E-state index < -0.39 is 0 Å². The third kappa shape index (κ3) is 5.87. The van der Waals surface area contributed by atoms with Crippen molar-refractivity contribution < 1.29 is 14.3 Å². The molecule has 0 aliphatic heterocycles. The number of benzene rings is 2. The number of ether oxygens (including phenoxy) is 2. The van der Waals surface area contributed by atoms with Gasteiger partial charge in [-0.3, -0.25) is 4.79 Å². The van der Waals surface area contributed by atoms with Gasteiger partial charge in [-0.25, -0.2) is 0 Å². The summed E-state index contributed by atoms with van der Waals surface area (Å²) in [5.74, 6) is 1.04. The second-order valence-corrected chi connectivity index (χ2v) is 6.95. The average Bonchev–Trinajstić information content (AvgIpc) is 2.58. The molecule has 25 heavy (non-hydrogen) atoms. The molecule has 5 heteroatoms. The molecule has 2 rings (SSSR count). The summed E-state index contributed by atoms with van der Waals surface area (Å²) in [6.07, 6.45) is 0. The van der Waals surface area contributed by atoms with Crippen LogP contribution in [0.25, 0.3) is 0 Å². The first-order chi connectivity index (χ1) is 12.0. The molecule has 0 aliphatic carbocycles. The third-order valence-electron chi connectivity index (χ3n) is 3.45. The van der Waals surface area contributed by atoms with Crippen LogP contribution in [0.5, 0.6) is 5.75 Å². The topological polar surface area (TPSA) is 47.6 Å². The zero-order valence-corrected chi connectivity index (χ0v) is 16.4. The number of anilines is 1. The van der Waals surface area contributed by atoms with E-state index in [2.05, 4.69) is 35.1 Å². The van der Waals surface area contributed by atoms with Crippen molar-refractivity contribution in [3.8, 4) is 5.75 Å². The largest absolute Gasteiger partial charge is 0.494 e. The standard InChI is InChI=1S/C20H24BrNO3/c1-4-25-19-10-9-15(11-16(19)13-24-12-14(2)3)20(23)22-18-8-6-5-7-17(18)21/h5-11,14H,4,12-13H2,1-3H3,(H,22,23). The Bertz CT molecular complexity index is 716. The second-order valence-electron chi connectivity index (χ2n) is 6.10. The van der Waals surface area contributed by atoms with E-state index in [4.69, 9.17) is 9.47 Å². The van der Waals surface area contributed by atoms with Gasteiger partial charge in [0, 0.05) is 22.2 Å². The van der Waals surface area contributed by atoms with Gasteiger partial charge in [0.15, 0.2) is 0 Å². The predicted octanol–water partition coefficient (Wildman–Crippen LogP) is 5.27. The van der Waals surface area contributed by atoms with Crippen LogP contribution in [0.2, 0.25) is 0 Å². The van der Waals surface area contributed by atoms with Gasteiger partial charge in [0.05, 0.1) is 18.9 Å². The van der Waals surface area contributed by atoms with E-state index in [-0.39, 0.29) is 5.91 Å². The van der Waals surface area contributed by atoms with Crippen LogP contribution in [0.1, 0.15) is 36.7 Å². The summed E-state index contributed by atoms with van der Waals surface area (Å²) < 4.78 is 12.2. The summed E-state index contributed by atoms with van der Waals surface area (Å²) in [6, 6.07) is 12.9. The molecule has 2 aromatic carbocycles. The molecule has 0 heterocycles. The lowest BCUT2D eigenvalue weighted by Gasteiger charge is -2.14. The molecule has 0 bridgehead atoms. The maximum Gasteiger partial charge on any atom is 0.255 e. The summed E-state index contributed by atoms with van der Waals surface area (Å²) in [5, 5.41) is 2.91. The van der Waals surface area contributed by atoms with Gasteiger partial charge in [0.25, 0.3) is 5.91 Å². The normalized spacial score (nSPS) is 10.8. The molecule has 134 valence electrons. The van der Waals surface area contributed by atoms with Crippen molar-refractivity contribution in [3.05, 3.63) is 58.1 Å². The van der Waals surface area contributed by atoms with E-state index in [0.29, 0.717) is 31.3 Å². The molecule has 4 nitrogen and oxygen atoms in total. The lowest BCUT2D eigenvalue weighted by atomic mass is 10.1. The first-order valence-electron chi connectivity index (χ1n) is 8.40. The van der Waals surface area contributed by atoms with Crippen LogP contribution in [0.4, 0.5) is 5.69 Å². The van der Waals surface area contributed by atoms with Crippen LogP contribution < -0.4 is 10.1 Å². The predicted molar refractivity (Wildman–Crippen MR) is 104 cm³/mol. The highest BCUT2D eigenvalue weighted by molar-refractivity contribution is 9.10. The van der Waals surface area contributed by atoms with Gasteiger partial charge >= 0.3 is 0 Å². The van der Waals surface area contributed by atoms with E-state index in [1.165, 1.54) is 0 Å². The van der Waals surface area contributed by atoms with Gasteiger partial charge in [-0.05, 0) is 59.1 Å². The number of hydrogen-bond acceptors (Lipinski definition) is 3. The molecule has 1 N–H and O–H groups in total. The molecule has 0 atom stereocenters. The number of amides is 1. The highest BCUT2D eigenvalue weighted by Gasteiger charge is 2.12. The number of rotatable bonds is 8. The van der Waals surface area contributed by atoms with Crippen LogP contribution >= 0.6 is 15.9 Å². The fourth-order valence-electron chi connectivity index (χ4n) is 2.29. The Morgan fingerprint density at radius 3 is 2.64 bits per heavy atom. The number of carbonyl (C=O) groups excluding carboxylic acids is 1. The van der Waals surface area contributed by atoms with Crippen LogP contribution in [-0.2, 0) is 11.3 Å². The van der Waals surface area contributed by atoms with E-state index in [0.717, 1.165) is 21.5 Å². The minimum atomic E-state index is -0.167. The minimum absolute atomic E-state index is 0.167. The molecule has 0 fully saturated rings. The number of nitrogens with one attached hydrogen (secondary N) is 1. The summed E-state index contributed by atoms with van der Waals surface area (Å²) >= 11 is 3.44. The zero-order valence-electron chi connectivity index (χ0n) is 14.8. The van der Waals surface area contributed by atoms with Gasteiger partial charge < -0.3 is 14.8 Å². The molecule has 0 aliphatic rings. The average molecular weight is 406 g/mol. The number of hydrogen-bond donors (Lipinski definition) is 1. The highest BCUT2D eigenvalue weighted by atomic mass is 79.9. The molecule has 0 unspecified atom stereocenters. The Balaban J connectivity index is 2.16. The Morgan fingerprint density at radius 1 is 1.20 bits per heavy atom. The molecule has 0 spiro atoms. The van der Waals surface area contributed by atoms with Crippen molar-refractivity contribution in [2.45, 2.75) is 27.4 Å². The van der Waals surface area contributed by atoms with Crippen molar-refractivity contribution in [3.63, 3.8) is 0 Å². The monoisotopic (exact) mass is 405 g/mol. The fourth-order valence-corrected chi connectivity index (χ4v) is 2.68. The molecule has 0 radical (unpaired) electrons. The smallest absolute Gasteiger partial charge is 0.255 e. The highest BCUT2D eigenvalue weighted by Crippen LogP contribution is 2.24. The first kappa shape index (κ1) is 19.5. The lowest BCUT2D eigenvalue weighted by molar-refractivity contribution is 0.0948. The quantitative estimate of drug-likeness (QED) is 0.650. The number of para-hydroxylation sites is 1. The number of halogens is 1. The van der Waals surface area contributed by atoms with Crippen LogP contribution in [0.15, 0.2) is 46.9 Å². The van der Waals surface area contributed by atoms with E-state index >= 15 is 0 Å². The van der Waals surface area contributed by atoms with E-state index in [9.17, 15) is 4.79 Å². The summed E-state index contributed by atoms with van der Waals surface area (Å²) in [5.41, 5.74) is 2.18. The summed E-state index contributed by atoms with van der Waals surface area (Å²) in [4.78, 5) is 12.6. The molecule has 1 amide bonds. The molecule has 0 saturated heterocycles. The van der Waals surface area contributed by atoms with Crippen molar-refractivity contribution in [1.29, 1.82) is 0 Å². The third-order valence-corrected chi connectivity index (χ3v) is 4.14. The van der Waals surface area contributed by atoms with Crippen molar-refractivity contribution in [1.82, 2.24) is 0 Å². The van der Waals surface area contributed by atoms with Gasteiger partial charge in [0.2, 0.25) is 0 Å². The Hall–Kier alpha value is -1.85. The number of carbonyl (C=O) groups is 1. The molecular weight excluding hydrogens is 382 g/mol. The van der Waals surface area contributed by atoms with E-state index in [1.54, 1.807) is 6.07 Å². The van der Waals surface area contributed by atoms with Crippen LogP contribution in [-0.4, -0.2) is 19.1 Å². The Morgan fingerprint density at radius 2 is 1.96 bits per heavy atom. The lowest BCUT2D eigenvalue weighted by Crippen LogP contribution is -2.13.